The highest BCUT2D eigenvalue weighted by Gasteiger charge is 2.35. The Morgan fingerprint density at radius 3 is 1.82 bits per heavy atom. The zero-order chi connectivity index (χ0) is 24.2. The molecule has 0 radical (unpaired) electrons. The number of rotatable bonds is 22. The lowest BCUT2D eigenvalue weighted by molar-refractivity contribution is -0.0762. The third-order valence-corrected chi connectivity index (χ3v) is 9.21. The molecule has 5 nitrogen and oxygen atoms in total. The van der Waals surface area contributed by atoms with Gasteiger partial charge in [0.1, 0.15) is 0 Å². The van der Waals surface area contributed by atoms with E-state index in [1.807, 2.05) is 7.11 Å². The molecule has 0 aliphatic heterocycles. The molecule has 1 N–H and O–H groups in total. The average Bonchev–Trinajstić information content (AvgIpc) is 2.82. The van der Waals surface area contributed by atoms with E-state index >= 15 is 0 Å². The summed E-state index contributed by atoms with van der Waals surface area (Å²) in [6.45, 7) is 9.05. The number of methoxy groups -OCH3 is 1. The highest BCUT2D eigenvalue weighted by Crippen LogP contribution is 2.31. The molecule has 1 aliphatic carbocycles. The third-order valence-electron chi connectivity index (χ3n) is 6.93. The van der Waals surface area contributed by atoms with Crippen LogP contribution in [-0.4, -0.2) is 59.3 Å². The van der Waals surface area contributed by atoms with E-state index in [4.69, 9.17) is 18.3 Å². The first-order valence-electron chi connectivity index (χ1n) is 14.2. The normalized spacial score (nSPS) is 22.2. The number of ether oxygens (including phenoxy) is 2. The van der Waals surface area contributed by atoms with Gasteiger partial charge in [0, 0.05) is 26.9 Å². The fourth-order valence-corrected chi connectivity index (χ4v) is 6.87. The van der Waals surface area contributed by atoms with Crippen LogP contribution in [0.1, 0.15) is 124 Å². The van der Waals surface area contributed by atoms with E-state index in [0.29, 0.717) is 5.92 Å². The molecule has 0 spiro atoms. The molecule has 6 heteroatoms. The Balaban J connectivity index is 2.54. The molecule has 0 aromatic heterocycles. The van der Waals surface area contributed by atoms with Gasteiger partial charge >= 0.3 is 9.28 Å². The first kappa shape index (κ1) is 31.0. The molecule has 0 aromatic carbocycles. The van der Waals surface area contributed by atoms with Crippen LogP contribution in [-0.2, 0) is 18.3 Å². The average molecular weight is 489 g/mol. The lowest BCUT2D eigenvalue weighted by Crippen LogP contribution is -2.43. The highest BCUT2D eigenvalue weighted by atomic mass is 28.3. The van der Waals surface area contributed by atoms with Crippen LogP contribution in [0, 0.1) is 5.92 Å². The van der Waals surface area contributed by atoms with Crippen LogP contribution in [0.25, 0.3) is 0 Å². The minimum absolute atomic E-state index is 0.0343. The molecule has 33 heavy (non-hydrogen) atoms. The van der Waals surface area contributed by atoms with Crippen LogP contribution in [0.5, 0.6) is 0 Å². The van der Waals surface area contributed by atoms with E-state index < -0.39 is 9.28 Å². The van der Waals surface area contributed by atoms with Crippen molar-refractivity contribution >= 4 is 9.28 Å². The van der Waals surface area contributed by atoms with Gasteiger partial charge in [-0.1, -0.05) is 78.6 Å². The predicted octanol–water partition coefficient (Wildman–Crippen LogP) is 6.47. The minimum Gasteiger partial charge on any atom is -0.395 e. The van der Waals surface area contributed by atoms with Crippen molar-refractivity contribution in [1.82, 2.24) is 0 Å². The summed E-state index contributed by atoms with van der Waals surface area (Å²) in [5.74, 6) is 0.501. The minimum atomic E-state index is -1.92. The van der Waals surface area contributed by atoms with Gasteiger partial charge in [-0.2, -0.15) is 0 Å². The zero-order valence-electron chi connectivity index (χ0n) is 22.4. The van der Waals surface area contributed by atoms with Crippen molar-refractivity contribution in [2.45, 2.75) is 141 Å². The molecule has 0 bridgehead atoms. The second-order valence-electron chi connectivity index (χ2n) is 9.96. The van der Waals surface area contributed by atoms with Gasteiger partial charge in [0.2, 0.25) is 0 Å². The molecule has 4 atom stereocenters. The van der Waals surface area contributed by atoms with Crippen molar-refractivity contribution in [2.75, 3.05) is 26.9 Å². The number of aliphatic hydroxyl groups excluding tert-OH is 1. The Hall–Kier alpha value is 0.0169. The maximum absolute atomic E-state index is 10.5. The summed E-state index contributed by atoms with van der Waals surface area (Å²) in [6.07, 6.45) is 17.9. The molecule has 4 unspecified atom stereocenters. The van der Waals surface area contributed by atoms with Gasteiger partial charge in [0.05, 0.1) is 17.9 Å². The summed E-state index contributed by atoms with van der Waals surface area (Å²) in [6, 6.07) is 0. The Labute approximate surface area is 207 Å². The standard InChI is InChI=1S/C27H56O5Si/c1-5-8-11-14-19-30-26-22-24(17-18-25(26)28)23-27(29-4)33(31-20-15-12-9-6-2)32-21-16-13-10-7-3/h24-28,33H,5-23H2,1-4H3. The molecule has 1 saturated carbocycles. The van der Waals surface area contributed by atoms with Gasteiger partial charge < -0.3 is 23.4 Å². The first-order chi connectivity index (χ1) is 16.2. The molecular weight excluding hydrogens is 432 g/mol. The van der Waals surface area contributed by atoms with E-state index in [9.17, 15) is 5.11 Å². The molecule has 1 rings (SSSR count). The second-order valence-corrected chi connectivity index (χ2v) is 12.1. The van der Waals surface area contributed by atoms with Crippen molar-refractivity contribution in [1.29, 1.82) is 0 Å². The predicted molar refractivity (Wildman–Crippen MR) is 140 cm³/mol. The lowest BCUT2D eigenvalue weighted by atomic mass is 9.83. The zero-order valence-corrected chi connectivity index (χ0v) is 23.6. The Morgan fingerprint density at radius 1 is 0.758 bits per heavy atom. The van der Waals surface area contributed by atoms with Gasteiger partial charge in [-0.05, 0) is 50.9 Å². The first-order valence-corrected chi connectivity index (χ1v) is 15.8. The van der Waals surface area contributed by atoms with Crippen LogP contribution in [0.15, 0.2) is 0 Å². The quantitative estimate of drug-likeness (QED) is 0.140. The fourth-order valence-electron chi connectivity index (χ4n) is 4.72. The van der Waals surface area contributed by atoms with Crippen LogP contribution in [0.2, 0.25) is 0 Å². The summed E-state index contributed by atoms with van der Waals surface area (Å²) >= 11 is 0. The Morgan fingerprint density at radius 2 is 1.30 bits per heavy atom. The molecule has 1 aliphatic rings. The van der Waals surface area contributed by atoms with E-state index in [-0.39, 0.29) is 17.9 Å². The Kier molecular flexibility index (Phi) is 20.1. The van der Waals surface area contributed by atoms with Crippen molar-refractivity contribution in [2.24, 2.45) is 5.92 Å². The largest absolute Gasteiger partial charge is 0.395 e. The molecule has 0 aromatic rings. The van der Waals surface area contributed by atoms with Crippen molar-refractivity contribution < 1.29 is 23.4 Å². The van der Waals surface area contributed by atoms with Crippen LogP contribution in [0.4, 0.5) is 0 Å². The third kappa shape index (κ3) is 14.9. The maximum atomic E-state index is 10.5. The molecular formula is C27H56O5Si. The molecule has 0 heterocycles. The Bertz CT molecular complexity index is 411. The molecule has 1 fully saturated rings. The number of hydrogen-bond donors (Lipinski definition) is 1. The van der Waals surface area contributed by atoms with Crippen LogP contribution in [0.3, 0.4) is 0 Å². The van der Waals surface area contributed by atoms with Crippen LogP contribution >= 0.6 is 0 Å². The van der Waals surface area contributed by atoms with Crippen molar-refractivity contribution in [3.05, 3.63) is 0 Å². The summed E-state index contributed by atoms with van der Waals surface area (Å²) < 4.78 is 24.8. The number of unbranched alkanes of at least 4 members (excludes halogenated alkanes) is 9. The van der Waals surface area contributed by atoms with Gasteiger partial charge in [0.25, 0.3) is 0 Å². The van der Waals surface area contributed by atoms with Gasteiger partial charge in [-0.3, -0.25) is 0 Å². The lowest BCUT2D eigenvalue weighted by Gasteiger charge is -2.35. The van der Waals surface area contributed by atoms with Gasteiger partial charge in [0.15, 0.2) is 0 Å². The van der Waals surface area contributed by atoms with Crippen molar-refractivity contribution in [3.63, 3.8) is 0 Å². The molecule has 0 saturated heterocycles. The summed E-state index contributed by atoms with van der Waals surface area (Å²) in [7, 11) is -0.109. The van der Waals surface area contributed by atoms with Gasteiger partial charge in [-0.25, -0.2) is 0 Å². The fraction of sp³-hybridized carbons (Fsp3) is 1.00. The maximum Gasteiger partial charge on any atom is 0.351 e. The SMILES string of the molecule is CCCCCCOC1CC(CC(OC)[SiH](OCCCCCC)OCCCCCC)CCC1O. The van der Waals surface area contributed by atoms with E-state index in [1.165, 1.54) is 57.8 Å². The summed E-state index contributed by atoms with van der Waals surface area (Å²) in [4.78, 5) is 0. The van der Waals surface area contributed by atoms with Crippen LogP contribution < -0.4 is 0 Å². The van der Waals surface area contributed by atoms with E-state index in [2.05, 4.69) is 20.8 Å². The highest BCUT2D eigenvalue weighted by molar-refractivity contribution is 6.46. The summed E-state index contributed by atoms with van der Waals surface area (Å²) in [5.41, 5.74) is 0.0628. The van der Waals surface area contributed by atoms with Crippen molar-refractivity contribution in [3.8, 4) is 0 Å². The second kappa shape index (κ2) is 21.3. The van der Waals surface area contributed by atoms with E-state index in [0.717, 1.165) is 64.8 Å². The number of hydrogen-bond acceptors (Lipinski definition) is 5. The monoisotopic (exact) mass is 488 g/mol. The molecule has 198 valence electrons. The van der Waals surface area contributed by atoms with Gasteiger partial charge in [-0.15, -0.1) is 0 Å². The smallest absolute Gasteiger partial charge is 0.351 e. The topological polar surface area (TPSA) is 57.2 Å². The molecule has 0 amide bonds. The van der Waals surface area contributed by atoms with E-state index in [1.54, 1.807) is 0 Å². The summed E-state index contributed by atoms with van der Waals surface area (Å²) in [5, 5.41) is 10.5. The number of aliphatic hydroxyl groups is 1.